The largest absolute Gasteiger partial charge is 0.237 e. The highest BCUT2D eigenvalue weighted by molar-refractivity contribution is 7.92. The average Bonchev–Trinajstić information content (AvgIpc) is 3.04. The van der Waals surface area contributed by atoms with Crippen molar-refractivity contribution in [3.8, 4) is 0 Å². The molecular formula is C18H15F2NO2S. The van der Waals surface area contributed by atoms with E-state index in [1.807, 2.05) is 0 Å². The van der Waals surface area contributed by atoms with Crippen LogP contribution in [0.4, 0.5) is 8.78 Å². The van der Waals surface area contributed by atoms with Crippen molar-refractivity contribution >= 4 is 10.0 Å². The summed E-state index contributed by atoms with van der Waals surface area (Å²) < 4.78 is 54.5. The van der Waals surface area contributed by atoms with Crippen LogP contribution in [0.2, 0.25) is 0 Å². The summed E-state index contributed by atoms with van der Waals surface area (Å²) in [5, 5.41) is 0.814. The lowest BCUT2D eigenvalue weighted by molar-refractivity contribution is 0.325. The summed E-state index contributed by atoms with van der Waals surface area (Å²) in [5.41, 5.74) is -0.998. The van der Waals surface area contributed by atoms with Gasteiger partial charge in [-0.05, 0) is 23.8 Å². The van der Waals surface area contributed by atoms with Crippen molar-refractivity contribution in [1.82, 2.24) is 4.31 Å². The third-order valence-corrected chi connectivity index (χ3v) is 5.57. The van der Waals surface area contributed by atoms with Crippen molar-refractivity contribution in [2.24, 2.45) is 0 Å². The van der Waals surface area contributed by atoms with Gasteiger partial charge < -0.3 is 0 Å². The second-order valence-corrected chi connectivity index (χ2v) is 7.21. The molecule has 0 fully saturated rings. The maximum Gasteiger partial charge on any atom is 0.237 e. The van der Waals surface area contributed by atoms with Gasteiger partial charge >= 0.3 is 0 Å². The quantitative estimate of drug-likeness (QED) is 0.793. The Morgan fingerprint density at radius 2 is 1.83 bits per heavy atom. The van der Waals surface area contributed by atoms with Gasteiger partial charge in [0.2, 0.25) is 10.0 Å². The molecule has 1 aliphatic heterocycles. The fourth-order valence-electron chi connectivity index (χ4n) is 3.04. The molecule has 2 aromatic carbocycles. The van der Waals surface area contributed by atoms with E-state index in [1.54, 1.807) is 42.5 Å². The van der Waals surface area contributed by atoms with Crippen molar-refractivity contribution in [1.29, 1.82) is 0 Å². The molecule has 1 aliphatic rings. The van der Waals surface area contributed by atoms with Gasteiger partial charge in [0.25, 0.3) is 0 Å². The number of sulfonamides is 1. The molecule has 124 valence electrons. The normalized spacial score (nSPS) is 21.1. The molecule has 1 unspecified atom stereocenters. The molecule has 0 N–H and O–H groups in total. The molecule has 0 saturated carbocycles. The topological polar surface area (TPSA) is 37.4 Å². The van der Waals surface area contributed by atoms with E-state index < -0.39 is 27.2 Å². The van der Waals surface area contributed by atoms with Crippen molar-refractivity contribution in [3.05, 3.63) is 95.4 Å². The van der Waals surface area contributed by atoms with Gasteiger partial charge in [0.05, 0.1) is 0 Å². The Hall–Kier alpha value is -2.31. The van der Waals surface area contributed by atoms with E-state index >= 15 is 0 Å². The number of rotatable bonds is 4. The van der Waals surface area contributed by atoms with E-state index in [9.17, 15) is 17.2 Å². The Balaban J connectivity index is 2.37. The van der Waals surface area contributed by atoms with Gasteiger partial charge in [-0.3, -0.25) is 0 Å². The molecular weight excluding hydrogens is 332 g/mol. The zero-order chi connectivity index (χ0) is 17.4. The Labute approximate surface area is 139 Å². The SMILES string of the molecule is C=CS(=O)(=O)N1CC=CC1(c1ccccc1)c1cc(F)ccc1F. The van der Waals surface area contributed by atoms with Crippen LogP contribution in [0.25, 0.3) is 0 Å². The van der Waals surface area contributed by atoms with Crippen LogP contribution < -0.4 is 0 Å². The van der Waals surface area contributed by atoms with Crippen molar-refractivity contribution < 1.29 is 17.2 Å². The smallest absolute Gasteiger partial charge is 0.207 e. The first-order valence-corrected chi connectivity index (χ1v) is 8.76. The summed E-state index contributed by atoms with van der Waals surface area (Å²) in [7, 11) is -3.89. The molecule has 0 aromatic heterocycles. The van der Waals surface area contributed by atoms with E-state index in [-0.39, 0.29) is 12.1 Å². The van der Waals surface area contributed by atoms with Crippen LogP contribution in [-0.2, 0) is 15.6 Å². The third-order valence-electron chi connectivity index (χ3n) is 4.09. The standard InChI is InChI=1S/C18H15F2NO2S/c1-2-24(22,23)21-12-6-11-18(21,14-7-4-3-5-8-14)16-13-15(19)9-10-17(16)20/h2-11,13H,1,12H2. The van der Waals surface area contributed by atoms with Crippen LogP contribution in [0.3, 0.4) is 0 Å². The lowest BCUT2D eigenvalue weighted by atomic mass is 9.83. The van der Waals surface area contributed by atoms with E-state index in [0.29, 0.717) is 5.56 Å². The number of benzene rings is 2. The Morgan fingerprint density at radius 1 is 1.12 bits per heavy atom. The molecule has 3 rings (SSSR count). The minimum absolute atomic E-state index is 0.0409. The fraction of sp³-hybridized carbons (Fsp3) is 0.111. The monoisotopic (exact) mass is 347 g/mol. The molecule has 1 atom stereocenters. The third kappa shape index (κ3) is 2.48. The first kappa shape index (κ1) is 16.5. The number of hydrogen-bond acceptors (Lipinski definition) is 2. The van der Waals surface area contributed by atoms with E-state index in [1.165, 1.54) is 0 Å². The highest BCUT2D eigenvalue weighted by Gasteiger charge is 2.47. The first-order valence-electron chi connectivity index (χ1n) is 7.26. The maximum absolute atomic E-state index is 14.6. The molecule has 1 heterocycles. The van der Waals surface area contributed by atoms with Crippen molar-refractivity contribution in [3.63, 3.8) is 0 Å². The second-order valence-electron chi connectivity index (χ2n) is 5.40. The summed E-state index contributed by atoms with van der Waals surface area (Å²) in [6.45, 7) is 3.39. The van der Waals surface area contributed by atoms with E-state index in [0.717, 1.165) is 27.9 Å². The lowest BCUT2D eigenvalue weighted by Crippen LogP contribution is -2.46. The van der Waals surface area contributed by atoms with Gasteiger partial charge in [-0.1, -0.05) is 49.1 Å². The molecule has 24 heavy (non-hydrogen) atoms. The molecule has 0 bridgehead atoms. The zero-order valence-electron chi connectivity index (χ0n) is 12.7. The van der Waals surface area contributed by atoms with Gasteiger partial charge in [-0.2, -0.15) is 4.31 Å². The van der Waals surface area contributed by atoms with Crippen molar-refractivity contribution in [2.45, 2.75) is 5.54 Å². The molecule has 0 radical (unpaired) electrons. The van der Waals surface area contributed by atoms with Crippen LogP contribution in [0.1, 0.15) is 11.1 Å². The molecule has 2 aromatic rings. The Kier molecular flexibility index (Phi) is 4.11. The second kappa shape index (κ2) is 5.96. The molecule has 3 nitrogen and oxygen atoms in total. The summed E-state index contributed by atoms with van der Waals surface area (Å²) in [5.74, 6) is -1.32. The minimum Gasteiger partial charge on any atom is -0.207 e. The molecule has 0 saturated heterocycles. The van der Waals surface area contributed by atoms with Crippen LogP contribution in [-0.4, -0.2) is 19.3 Å². The molecule has 0 aliphatic carbocycles. The van der Waals surface area contributed by atoms with Gasteiger partial charge in [-0.25, -0.2) is 17.2 Å². The number of nitrogens with zero attached hydrogens (tertiary/aromatic N) is 1. The van der Waals surface area contributed by atoms with Gasteiger partial charge in [-0.15, -0.1) is 0 Å². The Morgan fingerprint density at radius 3 is 2.50 bits per heavy atom. The molecule has 0 spiro atoms. The van der Waals surface area contributed by atoms with E-state index in [4.69, 9.17) is 0 Å². The van der Waals surface area contributed by atoms with Gasteiger partial charge in [0.1, 0.15) is 17.2 Å². The molecule has 6 heteroatoms. The summed E-state index contributed by atoms with van der Waals surface area (Å²) in [6.07, 6.45) is 3.21. The first-order chi connectivity index (χ1) is 11.4. The maximum atomic E-state index is 14.6. The van der Waals surface area contributed by atoms with Gasteiger partial charge in [0, 0.05) is 17.5 Å². The van der Waals surface area contributed by atoms with E-state index in [2.05, 4.69) is 6.58 Å². The predicted molar refractivity (Wildman–Crippen MR) is 88.5 cm³/mol. The average molecular weight is 347 g/mol. The number of halogens is 2. The van der Waals surface area contributed by atoms with Crippen LogP contribution in [0.5, 0.6) is 0 Å². The van der Waals surface area contributed by atoms with Crippen LogP contribution >= 0.6 is 0 Å². The lowest BCUT2D eigenvalue weighted by Gasteiger charge is -2.37. The zero-order valence-corrected chi connectivity index (χ0v) is 13.5. The molecule has 0 amide bonds. The van der Waals surface area contributed by atoms with Crippen LogP contribution in [0, 0.1) is 11.6 Å². The fourth-order valence-corrected chi connectivity index (χ4v) is 4.18. The summed E-state index contributed by atoms with van der Waals surface area (Å²) in [6, 6.07) is 11.6. The van der Waals surface area contributed by atoms with Gasteiger partial charge in [0.15, 0.2) is 0 Å². The summed E-state index contributed by atoms with van der Waals surface area (Å²) >= 11 is 0. The van der Waals surface area contributed by atoms with Crippen molar-refractivity contribution in [2.75, 3.05) is 6.54 Å². The minimum atomic E-state index is -3.89. The van der Waals surface area contributed by atoms with Crippen LogP contribution in [0.15, 0.2) is 72.7 Å². The summed E-state index contributed by atoms with van der Waals surface area (Å²) in [4.78, 5) is 0. The Bertz CT molecular complexity index is 910. The highest BCUT2D eigenvalue weighted by Crippen LogP contribution is 2.43. The predicted octanol–water partition coefficient (Wildman–Crippen LogP) is 3.55. The number of hydrogen-bond donors (Lipinski definition) is 0. The highest BCUT2D eigenvalue weighted by atomic mass is 32.2.